The third-order valence-electron chi connectivity index (χ3n) is 5.29. The van der Waals surface area contributed by atoms with Crippen LogP contribution >= 0.6 is 0 Å². The molecule has 3 aromatic rings. The summed E-state index contributed by atoms with van der Waals surface area (Å²) in [5.41, 5.74) is 15.7. The van der Waals surface area contributed by atoms with Gasteiger partial charge in [-0.3, -0.25) is 5.32 Å². The van der Waals surface area contributed by atoms with Crippen LogP contribution in [0.4, 0.5) is 17.3 Å². The summed E-state index contributed by atoms with van der Waals surface area (Å²) in [7, 11) is 0. The number of pyridine rings is 1. The maximum Gasteiger partial charge on any atom is 0.231 e. The Bertz CT molecular complexity index is 1350. The van der Waals surface area contributed by atoms with Gasteiger partial charge in [0.05, 0.1) is 5.69 Å². The fourth-order valence-electron chi connectivity index (χ4n) is 3.76. The lowest BCUT2D eigenvalue weighted by atomic mass is 9.93. The van der Waals surface area contributed by atoms with Gasteiger partial charge in [0, 0.05) is 5.56 Å². The van der Waals surface area contributed by atoms with E-state index in [1.165, 1.54) is 0 Å². The number of nitrogens with one attached hydrogen (secondary N) is 2. The van der Waals surface area contributed by atoms with Crippen molar-refractivity contribution in [2.24, 2.45) is 4.99 Å². The molecule has 2 aromatic carbocycles. The van der Waals surface area contributed by atoms with Crippen molar-refractivity contribution >= 4 is 23.3 Å². The summed E-state index contributed by atoms with van der Waals surface area (Å²) in [6.45, 7) is 0.217. The molecule has 0 saturated heterocycles. The Morgan fingerprint density at radius 1 is 1.03 bits per heavy atom. The van der Waals surface area contributed by atoms with E-state index < -0.39 is 6.04 Å². The zero-order chi connectivity index (χ0) is 22.2. The Kier molecular flexibility index (Phi) is 4.39. The van der Waals surface area contributed by atoms with Gasteiger partial charge >= 0.3 is 0 Å². The van der Waals surface area contributed by atoms with Gasteiger partial charge in [-0.1, -0.05) is 30.3 Å². The van der Waals surface area contributed by atoms with Gasteiger partial charge in [0.25, 0.3) is 0 Å². The molecule has 0 saturated carbocycles. The number of anilines is 3. The molecular formula is C22H16N8O2. The van der Waals surface area contributed by atoms with Crippen LogP contribution in [0.25, 0.3) is 11.1 Å². The Balaban J connectivity index is 1.57. The van der Waals surface area contributed by atoms with Gasteiger partial charge in [0.15, 0.2) is 17.7 Å². The van der Waals surface area contributed by atoms with Gasteiger partial charge in [-0.15, -0.1) is 0 Å². The molecule has 3 heterocycles. The molecular weight excluding hydrogens is 408 g/mol. The second-order valence-electron chi connectivity index (χ2n) is 7.09. The van der Waals surface area contributed by atoms with Crippen LogP contribution in [0, 0.1) is 22.8 Å². The molecule has 5 rings (SSSR count). The largest absolute Gasteiger partial charge is 0.454 e. The molecule has 156 valence electrons. The summed E-state index contributed by atoms with van der Waals surface area (Å²) in [6, 6.07) is 14.9. The van der Waals surface area contributed by atoms with Crippen LogP contribution in [0.3, 0.4) is 0 Å². The lowest BCUT2D eigenvalue weighted by molar-refractivity contribution is 0.174. The molecule has 10 heteroatoms. The maximum atomic E-state index is 9.44. The lowest BCUT2D eigenvalue weighted by Gasteiger charge is -2.26. The highest BCUT2D eigenvalue weighted by atomic mass is 16.7. The first-order chi connectivity index (χ1) is 15.6. The van der Waals surface area contributed by atoms with Crippen molar-refractivity contribution in [2.75, 3.05) is 23.6 Å². The van der Waals surface area contributed by atoms with Gasteiger partial charge in [-0.05, 0) is 28.8 Å². The Morgan fingerprint density at radius 2 is 1.78 bits per heavy atom. The van der Waals surface area contributed by atoms with Crippen LogP contribution in [0.2, 0.25) is 0 Å². The normalized spacial score (nSPS) is 15.6. The predicted molar refractivity (Wildman–Crippen MR) is 117 cm³/mol. The van der Waals surface area contributed by atoms with Crippen LogP contribution in [0.15, 0.2) is 47.5 Å². The number of hydrogen-bond donors (Lipinski definition) is 4. The standard InChI is InChI=1S/C22H16N8O2/c23-8-14-18(25)17-19(28-22(27-9-24)30-21(17)29-20(14)26)12-3-1-11(2-4-12)13-5-6-15-16(7-13)32-10-31-15/h1-7,19H,10H2,(H6,25,26,27,28,29,30). The second-order valence-corrected chi connectivity index (χ2v) is 7.09. The highest BCUT2D eigenvalue weighted by molar-refractivity contribution is 5.98. The van der Waals surface area contributed by atoms with E-state index in [1.807, 2.05) is 54.7 Å². The van der Waals surface area contributed by atoms with Crippen molar-refractivity contribution in [3.8, 4) is 34.9 Å². The predicted octanol–water partition coefficient (Wildman–Crippen LogP) is 2.45. The average molecular weight is 424 g/mol. The fraction of sp³-hybridized carbons (Fsp3) is 0.0909. The number of nitriles is 2. The van der Waals surface area contributed by atoms with Crippen molar-refractivity contribution < 1.29 is 9.47 Å². The summed E-state index contributed by atoms with van der Waals surface area (Å²) in [5.74, 6) is 1.99. The minimum Gasteiger partial charge on any atom is -0.454 e. The molecule has 1 atom stereocenters. The van der Waals surface area contributed by atoms with Crippen molar-refractivity contribution in [3.63, 3.8) is 0 Å². The minimum atomic E-state index is -0.590. The number of fused-ring (bicyclic) bond motifs is 2. The molecule has 32 heavy (non-hydrogen) atoms. The molecule has 0 aliphatic carbocycles. The second kappa shape index (κ2) is 7.38. The topological polar surface area (TPSA) is 167 Å². The number of rotatable bonds is 2. The third kappa shape index (κ3) is 3.04. The first-order valence-electron chi connectivity index (χ1n) is 9.58. The van der Waals surface area contributed by atoms with E-state index in [4.69, 9.17) is 26.2 Å². The van der Waals surface area contributed by atoms with Crippen molar-refractivity contribution in [1.82, 2.24) is 10.3 Å². The summed E-state index contributed by atoms with van der Waals surface area (Å²) < 4.78 is 10.8. The molecule has 2 aliphatic rings. The number of benzene rings is 2. The van der Waals surface area contributed by atoms with E-state index in [-0.39, 0.29) is 29.8 Å². The quantitative estimate of drug-likeness (QED) is 0.357. The van der Waals surface area contributed by atoms with Crippen LogP contribution < -0.4 is 31.6 Å². The molecule has 1 aromatic heterocycles. The SMILES string of the molecule is N#CNC1=NC(c2ccc(-c3ccc4c(c3)OCO4)cc2)c2c(nc(N)c(C#N)c2N)N1. The average Bonchev–Trinajstić information content (AvgIpc) is 3.27. The first-order valence-corrected chi connectivity index (χ1v) is 9.58. The molecule has 0 fully saturated rings. The zero-order valence-corrected chi connectivity index (χ0v) is 16.6. The number of guanidine groups is 1. The van der Waals surface area contributed by atoms with Crippen LogP contribution in [-0.4, -0.2) is 17.7 Å². The van der Waals surface area contributed by atoms with E-state index in [9.17, 15) is 5.26 Å². The summed E-state index contributed by atoms with van der Waals surface area (Å²) in [6.07, 6.45) is 1.84. The summed E-state index contributed by atoms with van der Waals surface area (Å²) >= 11 is 0. The molecule has 0 spiro atoms. The van der Waals surface area contributed by atoms with Crippen molar-refractivity contribution in [1.29, 1.82) is 10.5 Å². The van der Waals surface area contributed by atoms with E-state index in [0.717, 1.165) is 22.4 Å². The van der Waals surface area contributed by atoms with Crippen LogP contribution in [-0.2, 0) is 0 Å². The molecule has 6 N–H and O–H groups in total. The van der Waals surface area contributed by atoms with Gasteiger partial charge in [-0.25, -0.2) is 9.98 Å². The van der Waals surface area contributed by atoms with E-state index in [1.54, 1.807) is 0 Å². The summed E-state index contributed by atoms with van der Waals surface area (Å²) in [4.78, 5) is 8.82. The van der Waals surface area contributed by atoms with E-state index in [2.05, 4.69) is 20.6 Å². The lowest BCUT2D eigenvalue weighted by Crippen LogP contribution is -2.32. The summed E-state index contributed by atoms with van der Waals surface area (Å²) in [5, 5.41) is 23.9. The minimum absolute atomic E-state index is 0.00589. The van der Waals surface area contributed by atoms with Crippen molar-refractivity contribution in [2.45, 2.75) is 6.04 Å². The highest BCUT2D eigenvalue weighted by Crippen LogP contribution is 2.41. The molecule has 1 unspecified atom stereocenters. The number of hydrogen-bond acceptors (Lipinski definition) is 10. The van der Waals surface area contributed by atoms with Crippen molar-refractivity contribution in [3.05, 3.63) is 59.2 Å². The Labute approximate surface area is 182 Å². The van der Waals surface area contributed by atoms with Gasteiger partial charge in [0.2, 0.25) is 12.8 Å². The van der Waals surface area contributed by atoms with Crippen LogP contribution in [0.1, 0.15) is 22.7 Å². The van der Waals surface area contributed by atoms with Gasteiger partial charge in [-0.2, -0.15) is 10.5 Å². The monoisotopic (exact) mass is 424 g/mol. The molecule has 0 radical (unpaired) electrons. The van der Waals surface area contributed by atoms with E-state index in [0.29, 0.717) is 17.1 Å². The van der Waals surface area contributed by atoms with Crippen LogP contribution in [0.5, 0.6) is 11.5 Å². The highest BCUT2D eigenvalue weighted by Gasteiger charge is 2.29. The fourth-order valence-corrected chi connectivity index (χ4v) is 3.76. The third-order valence-corrected chi connectivity index (χ3v) is 5.29. The number of ether oxygens (including phenoxy) is 2. The Morgan fingerprint density at radius 3 is 2.53 bits per heavy atom. The van der Waals surface area contributed by atoms with Gasteiger partial charge in [0.1, 0.15) is 29.3 Å². The smallest absolute Gasteiger partial charge is 0.231 e. The Hall–Kier alpha value is -4.96. The number of aliphatic imine (C=N–C) groups is 1. The molecule has 2 aliphatic heterocycles. The maximum absolute atomic E-state index is 9.44. The van der Waals surface area contributed by atoms with Gasteiger partial charge < -0.3 is 26.3 Å². The first kappa shape index (κ1) is 19.0. The number of nitrogen functional groups attached to an aromatic ring is 2. The molecule has 10 nitrogen and oxygen atoms in total. The molecule has 0 bridgehead atoms. The molecule has 0 amide bonds. The number of aromatic nitrogens is 1. The van der Waals surface area contributed by atoms with E-state index >= 15 is 0 Å². The number of nitrogens with zero attached hydrogens (tertiary/aromatic N) is 4. The zero-order valence-electron chi connectivity index (χ0n) is 16.6. The number of nitrogens with two attached hydrogens (primary N) is 2.